The second-order valence-electron chi connectivity index (χ2n) is 13.0. The zero-order chi connectivity index (χ0) is 33.8. The number of hydrogen-bond acceptors (Lipinski definition) is 8. The number of nitrogens with one attached hydrogen (secondary N) is 1. The molecule has 46 heavy (non-hydrogen) atoms. The second kappa shape index (κ2) is 28.7. The predicted octanol–water partition coefficient (Wildman–Crippen LogP) is 5.99. The molecule has 1 fully saturated rings. The fourth-order valence-corrected chi connectivity index (χ4v) is 5.68. The highest BCUT2D eigenvalue weighted by molar-refractivity contribution is 5.76. The van der Waals surface area contributed by atoms with Crippen molar-refractivity contribution < 1.29 is 39.8 Å². The van der Waals surface area contributed by atoms with E-state index in [0.29, 0.717) is 6.42 Å². The third-order valence-electron chi connectivity index (χ3n) is 8.77. The molecule has 7 unspecified atom stereocenters. The van der Waals surface area contributed by atoms with Crippen LogP contribution in [0.2, 0.25) is 0 Å². The maximum Gasteiger partial charge on any atom is 0.220 e. The number of amides is 1. The maximum atomic E-state index is 12.8. The molecule has 1 aliphatic heterocycles. The first-order valence-corrected chi connectivity index (χ1v) is 18.6. The Balaban J connectivity index is 2.48. The lowest BCUT2D eigenvalue weighted by Gasteiger charge is -2.40. The van der Waals surface area contributed by atoms with Gasteiger partial charge >= 0.3 is 0 Å². The van der Waals surface area contributed by atoms with Crippen molar-refractivity contribution >= 4 is 5.91 Å². The lowest BCUT2D eigenvalue weighted by molar-refractivity contribution is -0.302. The molecular formula is C37H69NO8. The number of unbranched alkanes of at least 4 members (excludes halogenated alkanes) is 17. The van der Waals surface area contributed by atoms with Gasteiger partial charge in [0, 0.05) is 6.42 Å². The Morgan fingerprint density at radius 1 is 0.717 bits per heavy atom. The second-order valence-corrected chi connectivity index (χ2v) is 13.0. The molecule has 0 aliphatic carbocycles. The van der Waals surface area contributed by atoms with Gasteiger partial charge in [-0.1, -0.05) is 122 Å². The van der Waals surface area contributed by atoms with Crippen LogP contribution in [0.15, 0.2) is 24.3 Å². The van der Waals surface area contributed by atoms with Crippen LogP contribution in [0.5, 0.6) is 0 Å². The highest BCUT2D eigenvalue weighted by atomic mass is 16.7. The van der Waals surface area contributed by atoms with Gasteiger partial charge in [0.2, 0.25) is 5.91 Å². The summed E-state index contributed by atoms with van der Waals surface area (Å²) < 4.78 is 11.1. The van der Waals surface area contributed by atoms with E-state index < -0.39 is 49.5 Å². The van der Waals surface area contributed by atoms with Gasteiger partial charge < -0.3 is 40.3 Å². The highest BCUT2D eigenvalue weighted by Gasteiger charge is 2.44. The van der Waals surface area contributed by atoms with Crippen LogP contribution in [0.3, 0.4) is 0 Å². The summed E-state index contributed by atoms with van der Waals surface area (Å²) in [7, 11) is 0. The number of rotatable bonds is 29. The summed E-state index contributed by atoms with van der Waals surface area (Å²) in [5, 5.41) is 53.7. The Kier molecular flexibility index (Phi) is 26.6. The van der Waals surface area contributed by atoms with Gasteiger partial charge in [-0.25, -0.2) is 0 Å². The standard InChI is InChI=1S/C37H69NO8/c1-3-5-7-9-11-13-15-16-17-19-21-23-25-27-33(41)38-30(29-45-37-36(44)35(43)34(42)32(28-39)46-37)31(40)26-24-22-20-18-14-12-10-8-6-4-2/h13,15,24,26,30-32,34-37,39-40,42-44H,3-12,14,16-23,25,27-29H2,1-2H3,(H,38,41)/b15-13-,26-24+. The molecule has 9 nitrogen and oxygen atoms in total. The third kappa shape index (κ3) is 20.1. The van der Waals surface area contributed by atoms with Crippen LogP contribution >= 0.6 is 0 Å². The molecule has 7 atom stereocenters. The smallest absolute Gasteiger partial charge is 0.220 e. The molecule has 1 rings (SSSR count). The molecule has 270 valence electrons. The average molecular weight is 656 g/mol. The minimum atomic E-state index is -1.56. The molecule has 6 N–H and O–H groups in total. The zero-order valence-electron chi connectivity index (χ0n) is 29.1. The Bertz CT molecular complexity index is 776. The minimum Gasteiger partial charge on any atom is -0.394 e. The molecule has 0 aromatic heterocycles. The largest absolute Gasteiger partial charge is 0.394 e. The number of ether oxygens (including phenoxy) is 2. The molecule has 0 aromatic rings. The van der Waals surface area contributed by atoms with Crippen LogP contribution in [0.1, 0.15) is 149 Å². The number of aliphatic hydroxyl groups excluding tert-OH is 5. The van der Waals surface area contributed by atoms with E-state index in [-0.39, 0.29) is 12.5 Å². The Morgan fingerprint density at radius 3 is 1.78 bits per heavy atom. The molecule has 1 saturated heterocycles. The number of hydrogen-bond donors (Lipinski definition) is 6. The summed E-state index contributed by atoms with van der Waals surface area (Å²) in [6.45, 7) is 3.69. The van der Waals surface area contributed by atoms with Crippen LogP contribution in [-0.2, 0) is 14.3 Å². The van der Waals surface area contributed by atoms with E-state index in [2.05, 4.69) is 31.3 Å². The molecule has 0 radical (unpaired) electrons. The average Bonchev–Trinajstić information content (AvgIpc) is 3.05. The molecule has 0 saturated carbocycles. The SMILES string of the molecule is CCCCCC/C=C\CCCCCCCC(=O)NC(COC1OC(CO)C(O)C(O)C1O)C(O)/C=C/CCCCCCCCCC. The summed E-state index contributed by atoms with van der Waals surface area (Å²) in [4.78, 5) is 12.8. The molecule has 0 bridgehead atoms. The van der Waals surface area contributed by atoms with Gasteiger partial charge in [-0.3, -0.25) is 4.79 Å². The van der Waals surface area contributed by atoms with Crippen LogP contribution in [-0.4, -0.2) is 87.5 Å². The van der Waals surface area contributed by atoms with E-state index in [0.717, 1.165) is 57.8 Å². The fourth-order valence-electron chi connectivity index (χ4n) is 5.68. The molecule has 1 heterocycles. The first-order chi connectivity index (χ1) is 22.3. The first-order valence-electron chi connectivity index (χ1n) is 18.6. The Morgan fingerprint density at radius 2 is 1.22 bits per heavy atom. The van der Waals surface area contributed by atoms with Crippen LogP contribution in [0.4, 0.5) is 0 Å². The van der Waals surface area contributed by atoms with Crippen molar-refractivity contribution in [1.29, 1.82) is 0 Å². The van der Waals surface area contributed by atoms with E-state index >= 15 is 0 Å². The highest BCUT2D eigenvalue weighted by Crippen LogP contribution is 2.22. The van der Waals surface area contributed by atoms with Gasteiger partial charge in [-0.05, 0) is 44.9 Å². The van der Waals surface area contributed by atoms with Crippen LogP contribution in [0, 0.1) is 0 Å². The van der Waals surface area contributed by atoms with E-state index in [4.69, 9.17) is 9.47 Å². The van der Waals surface area contributed by atoms with Gasteiger partial charge in [-0.2, -0.15) is 0 Å². The summed E-state index contributed by atoms with van der Waals surface area (Å²) in [6.07, 6.45) is 23.6. The van der Waals surface area contributed by atoms with Crippen molar-refractivity contribution in [3.05, 3.63) is 24.3 Å². The van der Waals surface area contributed by atoms with Crippen molar-refractivity contribution in [3.8, 4) is 0 Å². The summed E-state index contributed by atoms with van der Waals surface area (Å²) >= 11 is 0. The number of carbonyl (C=O) groups excluding carboxylic acids is 1. The molecule has 0 spiro atoms. The summed E-state index contributed by atoms with van der Waals surface area (Å²) in [6, 6.07) is -0.802. The quantitative estimate of drug-likeness (QED) is 0.0425. The molecular weight excluding hydrogens is 586 g/mol. The molecule has 1 amide bonds. The number of aliphatic hydroxyl groups is 5. The lowest BCUT2D eigenvalue weighted by Crippen LogP contribution is -2.60. The summed E-state index contributed by atoms with van der Waals surface area (Å²) in [5.41, 5.74) is 0. The van der Waals surface area contributed by atoms with E-state index in [9.17, 15) is 30.3 Å². The van der Waals surface area contributed by atoms with Crippen molar-refractivity contribution in [1.82, 2.24) is 5.32 Å². The fraction of sp³-hybridized carbons (Fsp3) is 0.865. The van der Waals surface area contributed by atoms with Crippen molar-refractivity contribution in [3.63, 3.8) is 0 Å². The topological polar surface area (TPSA) is 149 Å². The van der Waals surface area contributed by atoms with Crippen LogP contribution in [0.25, 0.3) is 0 Å². The van der Waals surface area contributed by atoms with Gasteiger partial charge in [-0.15, -0.1) is 0 Å². The normalized spacial score (nSPS) is 23.3. The van der Waals surface area contributed by atoms with Gasteiger partial charge in [0.1, 0.15) is 24.4 Å². The lowest BCUT2D eigenvalue weighted by atomic mass is 9.99. The van der Waals surface area contributed by atoms with Crippen molar-refractivity contribution in [2.45, 2.75) is 192 Å². The molecule has 0 aromatic carbocycles. The van der Waals surface area contributed by atoms with Gasteiger partial charge in [0.15, 0.2) is 6.29 Å². The Labute approximate surface area is 279 Å². The Hall–Kier alpha value is -1.33. The van der Waals surface area contributed by atoms with Crippen molar-refractivity contribution in [2.24, 2.45) is 0 Å². The van der Waals surface area contributed by atoms with Crippen molar-refractivity contribution in [2.75, 3.05) is 13.2 Å². The minimum absolute atomic E-state index is 0.191. The maximum absolute atomic E-state index is 12.8. The first kappa shape index (κ1) is 42.7. The monoisotopic (exact) mass is 656 g/mol. The van der Waals surface area contributed by atoms with Crippen LogP contribution < -0.4 is 5.32 Å². The number of allylic oxidation sites excluding steroid dienone is 3. The summed E-state index contributed by atoms with van der Waals surface area (Å²) in [5.74, 6) is -0.191. The zero-order valence-corrected chi connectivity index (χ0v) is 29.1. The third-order valence-corrected chi connectivity index (χ3v) is 8.77. The molecule has 9 heteroatoms. The predicted molar refractivity (Wildman–Crippen MR) is 184 cm³/mol. The van der Waals surface area contributed by atoms with Gasteiger partial charge in [0.05, 0.1) is 25.4 Å². The van der Waals surface area contributed by atoms with Gasteiger partial charge in [0.25, 0.3) is 0 Å². The molecule has 1 aliphatic rings. The van der Waals surface area contributed by atoms with E-state index in [1.807, 2.05) is 6.08 Å². The van der Waals surface area contributed by atoms with E-state index in [1.54, 1.807) is 6.08 Å². The number of carbonyl (C=O) groups is 1. The van der Waals surface area contributed by atoms with E-state index in [1.165, 1.54) is 70.6 Å².